The molecule has 2 aliphatic rings. The zero-order chi connectivity index (χ0) is 25.1. The van der Waals surface area contributed by atoms with E-state index < -0.39 is 0 Å². The normalized spacial score (nSPS) is 17.6. The molecule has 1 unspecified atom stereocenters. The molecule has 0 radical (unpaired) electrons. The Labute approximate surface area is 214 Å². The van der Waals surface area contributed by atoms with Gasteiger partial charge < -0.3 is 19.4 Å². The molecule has 6 nitrogen and oxygen atoms in total. The van der Waals surface area contributed by atoms with E-state index in [1.807, 2.05) is 39.4 Å². The predicted molar refractivity (Wildman–Crippen MR) is 139 cm³/mol. The number of methoxy groups -OCH3 is 1. The third-order valence-corrected chi connectivity index (χ3v) is 8.07. The minimum absolute atomic E-state index is 0.0141. The molecule has 0 aliphatic carbocycles. The van der Waals surface area contributed by atoms with Crippen LogP contribution in [0.1, 0.15) is 34.9 Å². The molecule has 0 bridgehead atoms. The number of halogens is 1. The SMILES string of the molecule is COc1cccc(N2CCN(C(=O)CCC(=O)N3CCc4sccc4C3c3ccc(F)cc3)CC2)c1. The highest BCUT2D eigenvalue weighted by Gasteiger charge is 2.33. The molecule has 2 aliphatic heterocycles. The number of carbonyl (C=O) groups excluding carboxylic acids is 2. The lowest BCUT2D eigenvalue weighted by atomic mass is 9.93. The van der Waals surface area contributed by atoms with Crippen molar-refractivity contribution in [1.29, 1.82) is 0 Å². The lowest BCUT2D eigenvalue weighted by Gasteiger charge is -2.37. The summed E-state index contributed by atoms with van der Waals surface area (Å²) in [7, 11) is 1.65. The zero-order valence-corrected chi connectivity index (χ0v) is 21.2. The first kappa shape index (κ1) is 24.3. The van der Waals surface area contributed by atoms with Gasteiger partial charge in [-0.05, 0) is 53.3 Å². The summed E-state index contributed by atoms with van der Waals surface area (Å²) < 4.78 is 18.9. The Morgan fingerprint density at radius 3 is 2.47 bits per heavy atom. The van der Waals surface area contributed by atoms with Crippen LogP contribution in [0.3, 0.4) is 0 Å². The van der Waals surface area contributed by atoms with E-state index in [4.69, 9.17) is 4.74 Å². The largest absolute Gasteiger partial charge is 0.497 e. The first-order chi connectivity index (χ1) is 17.5. The average Bonchev–Trinajstić information content (AvgIpc) is 3.41. The first-order valence-corrected chi connectivity index (χ1v) is 13.2. The van der Waals surface area contributed by atoms with Crippen LogP contribution >= 0.6 is 11.3 Å². The Morgan fingerprint density at radius 1 is 0.972 bits per heavy atom. The number of nitrogens with zero attached hydrogens (tertiary/aromatic N) is 3. The lowest BCUT2D eigenvalue weighted by Crippen LogP contribution is -2.49. The topological polar surface area (TPSA) is 53.1 Å². The summed E-state index contributed by atoms with van der Waals surface area (Å²) in [6.45, 7) is 3.34. The van der Waals surface area contributed by atoms with E-state index in [0.717, 1.165) is 42.1 Å². The summed E-state index contributed by atoms with van der Waals surface area (Å²) >= 11 is 1.69. The first-order valence-electron chi connectivity index (χ1n) is 12.3. The van der Waals surface area contributed by atoms with E-state index >= 15 is 0 Å². The van der Waals surface area contributed by atoms with Crippen molar-refractivity contribution in [1.82, 2.24) is 9.80 Å². The summed E-state index contributed by atoms with van der Waals surface area (Å²) in [4.78, 5) is 33.5. The van der Waals surface area contributed by atoms with E-state index in [-0.39, 0.29) is 36.5 Å². The molecule has 5 rings (SSSR count). The molecule has 1 saturated heterocycles. The van der Waals surface area contributed by atoms with Gasteiger partial charge in [0.1, 0.15) is 11.6 Å². The van der Waals surface area contributed by atoms with Crippen molar-refractivity contribution in [3.05, 3.63) is 81.8 Å². The molecule has 0 N–H and O–H groups in total. The molecule has 2 aromatic carbocycles. The molecule has 3 heterocycles. The highest BCUT2D eigenvalue weighted by molar-refractivity contribution is 7.10. The van der Waals surface area contributed by atoms with Gasteiger partial charge in [0, 0.05) is 62.2 Å². The van der Waals surface area contributed by atoms with Crippen molar-refractivity contribution < 1.29 is 18.7 Å². The smallest absolute Gasteiger partial charge is 0.223 e. The fourth-order valence-electron chi connectivity index (χ4n) is 5.13. The molecule has 2 amide bonds. The van der Waals surface area contributed by atoms with Crippen LogP contribution in [0.4, 0.5) is 10.1 Å². The van der Waals surface area contributed by atoms with Crippen molar-refractivity contribution in [2.24, 2.45) is 0 Å². The maximum Gasteiger partial charge on any atom is 0.223 e. The Hall–Kier alpha value is -3.39. The van der Waals surface area contributed by atoms with Gasteiger partial charge in [0.15, 0.2) is 0 Å². The van der Waals surface area contributed by atoms with Gasteiger partial charge >= 0.3 is 0 Å². The number of carbonyl (C=O) groups is 2. The molecule has 0 saturated carbocycles. The van der Waals surface area contributed by atoms with Gasteiger partial charge in [0.05, 0.1) is 13.2 Å². The van der Waals surface area contributed by atoms with Crippen molar-refractivity contribution >= 4 is 28.8 Å². The summed E-state index contributed by atoms with van der Waals surface area (Å²) in [6.07, 6.45) is 1.17. The Morgan fingerprint density at radius 2 is 1.72 bits per heavy atom. The van der Waals surface area contributed by atoms with Gasteiger partial charge in [-0.3, -0.25) is 9.59 Å². The number of rotatable bonds is 6. The van der Waals surface area contributed by atoms with E-state index in [2.05, 4.69) is 11.0 Å². The average molecular weight is 508 g/mol. The summed E-state index contributed by atoms with van der Waals surface area (Å²) in [5.41, 5.74) is 3.08. The van der Waals surface area contributed by atoms with E-state index in [9.17, 15) is 14.0 Å². The number of hydrogen-bond acceptors (Lipinski definition) is 5. The number of benzene rings is 2. The number of amides is 2. The van der Waals surface area contributed by atoms with Gasteiger partial charge in [-0.1, -0.05) is 18.2 Å². The maximum atomic E-state index is 13.6. The van der Waals surface area contributed by atoms with Crippen molar-refractivity contribution in [3.8, 4) is 5.75 Å². The van der Waals surface area contributed by atoms with Crippen molar-refractivity contribution in [2.45, 2.75) is 25.3 Å². The summed E-state index contributed by atoms with van der Waals surface area (Å²) in [6, 6.07) is 16.1. The second kappa shape index (κ2) is 10.7. The molecule has 1 aromatic heterocycles. The monoisotopic (exact) mass is 507 g/mol. The number of ether oxygens (including phenoxy) is 1. The maximum absolute atomic E-state index is 13.6. The van der Waals surface area contributed by atoms with Gasteiger partial charge in [-0.15, -0.1) is 11.3 Å². The molecule has 1 atom stereocenters. The summed E-state index contributed by atoms with van der Waals surface area (Å²) in [5, 5.41) is 2.05. The second-order valence-corrected chi connectivity index (χ2v) is 10.2. The summed E-state index contributed by atoms with van der Waals surface area (Å²) in [5.74, 6) is 0.496. The third kappa shape index (κ3) is 5.09. The van der Waals surface area contributed by atoms with Gasteiger partial charge in [-0.2, -0.15) is 0 Å². The number of fused-ring (bicyclic) bond motifs is 1. The van der Waals surface area contributed by atoms with Crippen LogP contribution in [0.2, 0.25) is 0 Å². The molecule has 1 fully saturated rings. The highest BCUT2D eigenvalue weighted by atomic mass is 32.1. The Kier molecular flexibility index (Phi) is 7.23. The molecule has 3 aromatic rings. The quantitative estimate of drug-likeness (QED) is 0.493. The standard InChI is InChI=1S/C28H30FN3O3S/c1-35-23-4-2-3-22(19-23)30-14-16-31(17-15-30)26(33)9-10-27(34)32-13-11-25-24(12-18-36-25)28(32)20-5-7-21(29)8-6-20/h2-8,12,18-19,28H,9-11,13-17H2,1H3. The molecule has 36 heavy (non-hydrogen) atoms. The van der Waals surface area contributed by atoms with E-state index in [1.54, 1.807) is 30.6 Å². The minimum atomic E-state index is -0.296. The second-order valence-electron chi connectivity index (χ2n) is 9.16. The lowest BCUT2D eigenvalue weighted by molar-refractivity contribution is -0.138. The van der Waals surface area contributed by atoms with Crippen LogP contribution in [0.25, 0.3) is 0 Å². The zero-order valence-electron chi connectivity index (χ0n) is 20.4. The fraction of sp³-hybridized carbons (Fsp3) is 0.357. The van der Waals surface area contributed by atoms with Gasteiger partial charge in [0.2, 0.25) is 11.8 Å². The molecular weight excluding hydrogens is 477 g/mol. The van der Waals surface area contributed by atoms with Gasteiger partial charge in [-0.25, -0.2) is 4.39 Å². The number of thiophene rings is 1. The van der Waals surface area contributed by atoms with Gasteiger partial charge in [0.25, 0.3) is 0 Å². The number of anilines is 1. The molecule has 8 heteroatoms. The van der Waals surface area contributed by atoms with Crippen LogP contribution in [0, 0.1) is 5.82 Å². The van der Waals surface area contributed by atoms with Crippen LogP contribution < -0.4 is 9.64 Å². The molecule has 0 spiro atoms. The van der Waals surface area contributed by atoms with Crippen LogP contribution in [0.15, 0.2) is 60.0 Å². The number of piperazine rings is 1. The third-order valence-electron chi connectivity index (χ3n) is 7.08. The van der Waals surface area contributed by atoms with E-state index in [1.165, 1.54) is 17.0 Å². The van der Waals surface area contributed by atoms with Crippen LogP contribution in [-0.4, -0.2) is 61.4 Å². The van der Waals surface area contributed by atoms with E-state index in [0.29, 0.717) is 19.6 Å². The Bertz CT molecular complexity index is 1220. The highest BCUT2D eigenvalue weighted by Crippen LogP contribution is 2.38. The minimum Gasteiger partial charge on any atom is -0.497 e. The van der Waals surface area contributed by atoms with Crippen LogP contribution in [0.5, 0.6) is 5.75 Å². The predicted octanol–water partition coefficient (Wildman–Crippen LogP) is 4.50. The fourth-order valence-corrected chi connectivity index (χ4v) is 6.03. The van der Waals surface area contributed by atoms with Crippen molar-refractivity contribution in [3.63, 3.8) is 0 Å². The molecule has 188 valence electrons. The van der Waals surface area contributed by atoms with Crippen molar-refractivity contribution in [2.75, 3.05) is 44.7 Å². The number of hydrogen-bond donors (Lipinski definition) is 0. The Balaban J connectivity index is 1.19. The molecular formula is C28H30FN3O3S. The van der Waals surface area contributed by atoms with Crippen LogP contribution in [-0.2, 0) is 16.0 Å².